The minimum atomic E-state index is -0.649. The van der Waals surface area contributed by atoms with E-state index in [1.807, 2.05) is 0 Å². The predicted octanol–water partition coefficient (Wildman–Crippen LogP) is 2.74. The molecular formula is C8H7BrClFO2. The minimum Gasteiger partial charge on any atom is -0.494 e. The summed E-state index contributed by atoms with van der Waals surface area (Å²) >= 11 is 8.79. The Labute approximate surface area is 88.4 Å². The fraction of sp³-hybridized carbons (Fsp3) is 0.250. The van der Waals surface area contributed by atoms with Crippen molar-refractivity contribution in [1.29, 1.82) is 0 Å². The van der Waals surface area contributed by atoms with Crippen LogP contribution in [0.3, 0.4) is 0 Å². The van der Waals surface area contributed by atoms with Gasteiger partial charge in [0.05, 0.1) is 18.2 Å². The minimum absolute atomic E-state index is 0.124. The molecule has 0 aliphatic heterocycles. The van der Waals surface area contributed by atoms with Crippen molar-refractivity contribution in [3.8, 4) is 5.75 Å². The second-order valence-electron chi connectivity index (χ2n) is 2.34. The highest BCUT2D eigenvalue weighted by Gasteiger charge is 2.15. The Morgan fingerprint density at radius 1 is 1.69 bits per heavy atom. The third-order valence-corrected chi connectivity index (χ3v) is 2.49. The average molecular weight is 269 g/mol. The van der Waals surface area contributed by atoms with Gasteiger partial charge in [-0.25, -0.2) is 4.39 Å². The van der Waals surface area contributed by atoms with Gasteiger partial charge in [-0.3, -0.25) is 0 Å². The summed E-state index contributed by atoms with van der Waals surface area (Å²) in [6, 6.07) is 1.43. The first kappa shape index (κ1) is 10.8. The number of rotatable bonds is 2. The molecular weight excluding hydrogens is 262 g/mol. The lowest BCUT2D eigenvalue weighted by molar-refractivity contribution is 0.275. The molecule has 0 bridgehead atoms. The summed E-state index contributed by atoms with van der Waals surface area (Å²) in [6.45, 7) is -0.395. The predicted molar refractivity (Wildman–Crippen MR) is 51.6 cm³/mol. The van der Waals surface area contributed by atoms with Crippen molar-refractivity contribution in [1.82, 2.24) is 0 Å². The molecule has 0 heterocycles. The van der Waals surface area contributed by atoms with Crippen LogP contribution < -0.4 is 4.74 Å². The quantitative estimate of drug-likeness (QED) is 0.837. The third kappa shape index (κ3) is 1.95. The van der Waals surface area contributed by atoms with Gasteiger partial charge < -0.3 is 9.84 Å². The van der Waals surface area contributed by atoms with Crippen molar-refractivity contribution in [2.75, 3.05) is 7.11 Å². The molecule has 0 amide bonds. The zero-order chi connectivity index (χ0) is 10.0. The van der Waals surface area contributed by atoms with E-state index in [-0.39, 0.29) is 16.3 Å². The zero-order valence-corrected chi connectivity index (χ0v) is 9.12. The zero-order valence-electron chi connectivity index (χ0n) is 6.77. The Kier molecular flexibility index (Phi) is 3.53. The number of halogens is 3. The van der Waals surface area contributed by atoms with E-state index in [1.165, 1.54) is 13.2 Å². The molecule has 0 radical (unpaired) electrons. The van der Waals surface area contributed by atoms with E-state index in [2.05, 4.69) is 15.9 Å². The van der Waals surface area contributed by atoms with Crippen LogP contribution in [0, 0.1) is 5.82 Å². The SMILES string of the molecule is COc1c(Br)cc(CO)c(F)c1Cl. The highest BCUT2D eigenvalue weighted by atomic mass is 79.9. The monoisotopic (exact) mass is 268 g/mol. The molecule has 0 fully saturated rings. The van der Waals surface area contributed by atoms with E-state index < -0.39 is 12.4 Å². The summed E-state index contributed by atoms with van der Waals surface area (Å²) in [5, 5.41) is 8.65. The normalized spacial score (nSPS) is 10.2. The van der Waals surface area contributed by atoms with Crippen molar-refractivity contribution >= 4 is 27.5 Å². The number of methoxy groups -OCH3 is 1. The Morgan fingerprint density at radius 2 is 2.31 bits per heavy atom. The van der Waals surface area contributed by atoms with Gasteiger partial charge in [-0.2, -0.15) is 0 Å². The summed E-state index contributed by atoms with van der Waals surface area (Å²) in [6.07, 6.45) is 0. The number of aliphatic hydroxyl groups is 1. The molecule has 1 rings (SSSR count). The Bertz CT molecular complexity index is 330. The molecule has 0 unspecified atom stereocenters. The molecule has 0 aliphatic carbocycles. The Morgan fingerprint density at radius 3 is 2.77 bits per heavy atom. The van der Waals surface area contributed by atoms with E-state index in [9.17, 15) is 4.39 Å². The fourth-order valence-electron chi connectivity index (χ4n) is 0.930. The topological polar surface area (TPSA) is 29.5 Å². The number of benzene rings is 1. The van der Waals surface area contributed by atoms with Crippen molar-refractivity contribution < 1.29 is 14.2 Å². The van der Waals surface area contributed by atoms with Crippen LogP contribution in [0.25, 0.3) is 0 Å². The van der Waals surface area contributed by atoms with Crippen LogP contribution in [0.1, 0.15) is 5.56 Å². The van der Waals surface area contributed by atoms with E-state index in [4.69, 9.17) is 21.4 Å². The third-order valence-electron chi connectivity index (χ3n) is 1.57. The maximum Gasteiger partial charge on any atom is 0.154 e. The lowest BCUT2D eigenvalue weighted by Crippen LogP contribution is -1.95. The summed E-state index contributed by atoms with van der Waals surface area (Å²) in [7, 11) is 1.39. The lowest BCUT2D eigenvalue weighted by Gasteiger charge is -2.09. The number of hydrogen-bond donors (Lipinski definition) is 1. The number of aliphatic hydroxyl groups excluding tert-OH is 1. The van der Waals surface area contributed by atoms with Crippen LogP contribution in [0.15, 0.2) is 10.5 Å². The van der Waals surface area contributed by atoms with Crippen LogP contribution in [0.2, 0.25) is 5.02 Å². The smallest absolute Gasteiger partial charge is 0.154 e. The van der Waals surface area contributed by atoms with Gasteiger partial charge in [-0.05, 0) is 22.0 Å². The summed E-state index contributed by atoms with van der Waals surface area (Å²) in [4.78, 5) is 0. The number of ether oxygens (including phenoxy) is 1. The molecule has 72 valence electrons. The molecule has 13 heavy (non-hydrogen) atoms. The van der Waals surface area contributed by atoms with Crippen LogP contribution in [0.4, 0.5) is 4.39 Å². The molecule has 0 atom stereocenters. The van der Waals surface area contributed by atoms with Gasteiger partial charge in [0.15, 0.2) is 11.6 Å². The summed E-state index contributed by atoms with van der Waals surface area (Å²) < 4.78 is 18.6. The second-order valence-corrected chi connectivity index (χ2v) is 3.57. The van der Waals surface area contributed by atoms with E-state index in [0.29, 0.717) is 4.47 Å². The first-order chi connectivity index (χ1) is 6.11. The second kappa shape index (κ2) is 4.26. The molecule has 0 aliphatic rings. The van der Waals surface area contributed by atoms with Crippen molar-refractivity contribution in [3.05, 3.63) is 26.9 Å². The van der Waals surface area contributed by atoms with E-state index in [0.717, 1.165) is 0 Å². The van der Waals surface area contributed by atoms with Crippen LogP contribution >= 0.6 is 27.5 Å². The first-order valence-electron chi connectivity index (χ1n) is 3.43. The molecule has 5 heteroatoms. The van der Waals surface area contributed by atoms with Gasteiger partial charge in [0.1, 0.15) is 5.02 Å². The van der Waals surface area contributed by atoms with Crippen molar-refractivity contribution in [2.24, 2.45) is 0 Å². The highest BCUT2D eigenvalue weighted by molar-refractivity contribution is 9.10. The molecule has 1 aromatic carbocycles. The summed E-state index contributed by atoms with van der Waals surface area (Å²) in [5.41, 5.74) is 0.137. The lowest BCUT2D eigenvalue weighted by atomic mass is 10.2. The maximum atomic E-state index is 13.2. The summed E-state index contributed by atoms with van der Waals surface area (Å²) in [5.74, 6) is -0.416. The van der Waals surface area contributed by atoms with Gasteiger partial charge in [0, 0.05) is 5.56 Å². The van der Waals surface area contributed by atoms with Gasteiger partial charge in [0.25, 0.3) is 0 Å². The standard InChI is InChI=1S/C8H7BrClFO2/c1-13-8-5(9)2-4(3-12)7(11)6(8)10/h2,12H,3H2,1H3. The van der Waals surface area contributed by atoms with E-state index in [1.54, 1.807) is 0 Å². The van der Waals surface area contributed by atoms with Gasteiger partial charge in [-0.15, -0.1) is 0 Å². The van der Waals surface area contributed by atoms with E-state index >= 15 is 0 Å². The van der Waals surface area contributed by atoms with Crippen LogP contribution in [-0.4, -0.2) is 12.2 Å². The molecule has 2 nitrogen and oxygen atoms in total. The molecule has 0 saturated carbocycles. The maximum absolute atomic E-state index is 13.2. The number of hydrogen-bond acceptors (Lipinski definition) is 2. The average Bonchev–Trinajstić information content (AvgIpc) is 2.12. The Balaban J connectivity index is 3.37. The largest absolute Gasteiger partial charge is 0.494 e. The van der Waals surface area contributed by atoms with Crippen molar-refractivity contribution in [3.63, 3.8) is 0 Å². The van der Waals surface area contributed by atoms with Crippen LogP contribution in [-0.2, 0) is 6.61 Å². The van der Waals surface area contributed by atoms with Gasteiger partial charge >= 0.3 is 0 Å². The fourth-order valence-corrected chi connectivity index (χ4v) is 1.98. The highest BCUT2D eigenvalue weighted by Crippen LogP contribution is 2.36. The van der Waals surface area contributed by atoms with Gasteiger partial charge in [0.2, 0.25) is 0 Å². The molecule has 0 spiro atoms. The van der Waals surface area contributed by atoms with Gasteiger partial charge in [-0.1, -0.05) is 11.6 Å². The Hall–Kier alpha value is -0.320. The van der Waals surface area contributed by atoms with Crippen LogP contribution in [0.5, 0.6) is 5.75 Å². The first-order valence-corrected chi connectivity index (χ1v) is 4.60. The molecule has 0 aromatic heterocycles. The van der Waals surface area contributed by atoms with Crippen molar-refractivity contribution in [2.45, 2.75) is 6.61 Å². The molecule has 1 aromatic rings. The molecule has 0 saturated heterocycles. The molecule has 1 N–H and O–H groups in total.